The lowest BCUT2D eigenvalue weighted by atomic mass is 9.61. The second kappa shape index (κ2) is 4.27. The molecule has 1 saturated carbocycles. The number of fused-ring (bicyclic) bond motifs is 2. The minimum absolute atomic E-state index is 0.322. The third-order valence-corrected chi connectivity index (χ3v) is 5.30. The first-order chi connectivity index (χ1) is 8.61. The Morgan fingerprint density at radius 2 is 2.17 bits per heavy atom. The Balaban J connectivity index is 1.95. The molecule has 1 aromatic carbocycles. The molecule has 1 N–H and O–H groups in total. The second-order valence-corrected chi connectivity index (χ2v) is 6.35. The van der Waals surface area contributed by atoms with Gasteiger partial charge < -0.3 is 10.0 Å². The Bertz CT molecular complexity index is 428. The van der Waals surface area contributed by atoms with Crippen molar-refractivity contribution in [1.82, 2.24) is 4.90 Å². The zero-order valence-corrected chi connectivity index (χ0v) is 11.4. The molecule has 1 aliphatic heterocycles. The highest BCUT2D eigenvalue weighted by Crippen LogP contribution is 2.48. The molecule has 2 heteroatoms. The van der Waals surface area contributed by atoms with Gasteiger partial charge in [0, 0.05) is 6.04 Å². The van der Waals surface area contributed by atoms with E-state index in [2.05, 4.69) is 24.9 Å². The first kappa shape index (κ1) is 12.0. The monoisotopic (exact) mass is 245 g/mol. The first-order valence-corrected chi connectivity index (χ1v) is 7.10. The summed E-state index contributed by atoms with van der Waals surface area (Å²) in [5.41, 5.74) is 1.68. The van der Waals surface area contributed by atoms with Crippen LogP contribution in [0.25, 0.3) is 0 Å². The van der Waals surface area contributed by atoms with Gasteiger partial charge in [-0.25, -0.2) is 0 Å². The Labute approximate surface area is 110 Å². The number of rotatable bonds is 1. The molecule has 1 saturated heterocycles. The van der Waals surface area contributed by atoms with Gasteiger partial charge in [-0.2, -0.15) is 0 Å². The second-order valence-electron chi connectivity index (χ2n) is 6.35. The number of nitrogens with zero attached hydrogens (tertiary/aromatic N) is 1. The molecule has 3 atom stereocenters. The highest BCUT2D eigenvalue weighted by molar-refractivity contribution is 5.34. The lowest BCUT2D eigenvalue weighted by Crippen LogP contribution is -2.53. The Kier molecular flexibility index (Phi) is 2.86. The smallest absolute Gasteiger partial charge is 0.115 e. The summed E-state index contributed by atoms with van der Waals surface area (Å²) in [5.74, 6) is 1.22. The van der Waals surface area contributed by atoms with E-state index in [0.717, 1.165) is 12.0 Å². The fourth-order valence-electron chi connectivity index (χ4n) is 4.02. The van der Waals surface area contributed by atoms with E-state index in [4.69, 9.17) is 0 Å². The van der Waals surface area contributed by atoms with Gasteiger partial charge in [0.15, 0.2) is 0 Å². The van der Waals surface area contributed by atoms with Crippen LogP contribution in [0.15, 0.2) is 24.3 Å². The molecule has 0 spiro atoms. The van der Waals surface area contributed by atoms with Crippen molar-refractivity contribution in [3.05, 3.63) is 29.8 Å². The van der Waals surface area contributed by atoms with Gasteiger partial charge >= 0.3 is 0 Å². The highest BCUT2D eigenvalue weighted by Gasteiger charge is 2.45. The first-order valence-electron chi connectivity index (χ1n) is 7.10. The summed E-state index contributed by atoms with van der Waals surface area (Å²) in [6.07, 6.45) is 5.08. The maximum atomic E-state index is 9.73. The Hall–Kier alpha value is -1.02. The van der Waals surface area contributed by atoms with Gasteiger partial charge in [-0.1, -0.05) is 19.1 Å². The minimum Gasteiger partial charge on any atom is -0.508 e. The van der Waals surface area contributed by atoms with E-state index in [9.17, 15) is 5.11 Å². The van der Waals surface area contributed by atoms with E-state index >= 15 is 0 Å². The van der Waals surface area contributed by atoms with Crippen molar-refractivity contribution in [2.45, 2.75) is 44.1 Å². The number of hydrogen-bond acceptors (Lipinski definition) is 2. The van der Waals surface area contributed by atoms with Gasteiger partial charge in [-0.3, -0.25) is 0 Å². The summed E-state index contributed by atoms with van der Waals surface area (Å²) in [5, 5.41) is 9.73. The molecular weight excluding hydrogens is 222 g/mol. The van der Waals surface area contributed by atoms with Gasteiger partial charge in [-0.15, -0.1) is 0 Å². The number of aromatic hydroxyl groups is 1. The van der Waals surface area contributed by atoms with Crippen molar-refractivity contribution in [2.75, 3.05) is 13.6 Å². The molecule has 1 aliphatic carbocycles. The van der Waals surface area contributed by atoms with E-state index in [1.807, 2.05) is 12.1 Å². The molecule has 18 heavy (non-hydrogen) atoms. The normalized spacial score (nSPS) is 36.6. The van der Waals surface area contributed by atoms with E-state index in [1.165, 1.54) is 37.8 Å². The van der Waals surface area contributed by atoms with E-state index < -0.39 is 0 Å². The standard InChI is InChI=1S/C16H23NO/c1-12-6-7-16(8-9-17(2)15(12)11-16)13-4-3-5-14(18)10-13/h3-5,10,12,15,18H,6-9,11H2,1-2H3/t12-,15+,16+/m0/s1. The number of phenols is 1. The van der Waals surface area contributed by atoms with Crippen LogP contribution in [0.3, 0.4) is 0 Å². The molecule has 0 amide bonds. The molecule has 3 rings (SSSR count). The molecule has 2 bridgehead atoms. The quantitative estimate of drug-likeness (QED) is 0.821. The molecule has 0 unspecified atom stereocenters. The molecule has 1 aromatic rings. The van der Waals surface area contributed by atoms with Crippen LogP contribution in [0.2, 0.25) is 0 Å². The third-order valence-electron chi connectivity index (χ3n) is 5.30. The fraction of sp³-hybridized carbons (Fsp3) is 0.625. The van der Waals surface area contributed by atoms with Crippen LogP contribution in [0, 0.1) is 5.92 Å². The SMILES string of the molecule is C[C@H]1CC[C@@]2(c3cccc(O)c3)CCN(C)[C@@H]1C2. The fourth-order valence-corrected chi connectivity index (χ4v) is 4.02. The van der Waals surface area contributed by atoms with E-state index in [-0.39, 0.29) is 0 Å². The molecular formula is C16H23NO. The predicted octanol–water partition coefficient (Wildman–Crippen LogP) is 3.15. The molecule has 0 radical (unpaired) electrons. The van der Waals surface area contributed by atoms with Gasteiger partial charge in [0.05, 0.1) is 0 Å². The van der Waals surface area contributed by atoms with E-state index in [0.29, 0.717) is 11.2 Å². The van der Waals surface area contributed by atoms with E-state index in [1.54, 1.807) is 6.07 Å². The maximum Gasteiger partial charge on any atom is 0.115 e. The Morgan fingerprint density at radius 3 is 2.94 bits per heavy atom. The van der Waals surface area contributed by atoms with Gasteiger partial charge in [-0.05, 0) is 68.3 Å². The van der Waals surface area contributed by atoms with Gasteiger partial charge in [0.25, 0.3) is 0 Å². The summed E-state index contributed by atoms with van der Waals surface area (Å²) in [6.45, 7) is 3.57. The lowest BCUT2D eigenvalue weighted by Gasteiger charge is -2.52. The van der Waals surface area contributed by atoms with Crippen LogP contribution < -0.4 is 0 Å². The minimum atomic E-state index is 0.322. The molecule has 1 heterocycles. The van der Waals surface area contributed by atoms with Crippen molar-refractivity contribution < 1.29 is 5.11 Å². The lowest BCUT2D eigenvalue weighted by molar-refractivity contribution is 0.0353. The van der Waals surface area contributed by atoms with Crippen molar-refractivity contribution in [3.63, 3.8) is 0 Å². The number of benzene rings is 1. The van der Waals surface area contributed by atoms with Crippen LogP contribution in [0.1, 0.15) is 38.2 Å². The van der Waals surface area contributed by atoms with Crippen LogP contribution in [-0.4, -0.2) is 29.6 Å². The topological polar surface area (TPSA) is 23.5 Å². The number of phenolic OH excluding ortho intramolecular Hbond substituents is 1. The van der Waals surface area contributed by atoms with Crippen LogP contribution in [-0.2, 0) is 5.41 Å². The van der Waals surface area contributed by atoms with Crippen molar-refractivity contribution in [3.8, 4) is 5.75 Å². The van der Waals surface area contributed by atoms with Crippen molar-refractivity contribution in [1.29, 1.82) is 0 Å². The molecule has 98 valence electrons. The Morgan fingerprint density at radius 1 is 1.33 bits per heavy atom. The largest absolute Gasteiger partial charge is 0.508 e. The number of hydrogen-bond donors (Lipinski definition) is 1. The van der Waals surface area contributed by atoms with Gasteiger partial charge in [0.2, 0.25) is 0 Å². The molecule has 0 aromatic heterocycles. The highest BCUT2D eigenvalue weighted by atomic mass is 16.3. The predicted molar refractivity (Wildman–Crippen MR) is 73.8 cm³/mol. The van der Waals surface area contributed by atoms with Crippen LogP contribution >= 0.6 is 0 Å². The molecule has 2 nitrogen and oxygen atoms in total. The number of piperidine rings is 1. The third kappa shape index (κ3) is 1.83. The van der Waals surface area contributed by atoms with Crippen molar-refractivity contribution >= 4 is 0 Å². The molecule has 2 fully saturated rings. The number of likely N-dealkylation sites (tertiary alicyclic amines) is 1. The summed E-state index contributed by atoms with van der Waals surface area (Å²) in [6, 6.07) is 8.68. The summed E-state index contributed by atoms with van der Waals surface area (Å²) in [4.78, 5) is 2.53. The average Bonchev–Trinajstić information content (AvgIpc) is 2.38. The summed E-state index contributed by atoms with van der Waals surface area (Å²) in [7, 11) is 2.26. The van der Waals surface area contributed by atoms with Crippen LogP contribution in [0.5, 0.6) is 5.75 Å². The average molecular weight is 245 g/mol. The maximum absolute atomic E-state index is 9.73. The summed E-state index contributed by atoms with van der Waals surface area (Å²) < 4.78 is 0. The van der Waals surface area contributed by atoms with Crippen molar-refractivity contribution in [2.24, 2.45) is 5.92 Å². The van der Waals surface area contributed by atoms with Crippen LogP contribution in [0.4, 0.5) is 0 Å². The zero-order chi connectivity index (χ0) is 12.8. The zero-order valence-electron chi connectivity index (χ0n) is 11.4. The molecule has 2 aliphatic rings. The van der Waals surface area contributed by atoms with Gasteiger partial charge in [0.1, 0.15) is 5.75 Å². The summed E-state index contributed by atoms with van der Waals surface area (Å²) >= 11 is 0.